The monoisotopic (exact) mass is 310 g/mol. The maximum Gasteiger partial charge on any atom is 0.365 e. The summed E-state index contributed by atoms with van der Waals surface area (Å²) in [5.74, 6) is -0.701. The Hall–Kier alpha value is -2.68. The topological polar surface area (TPSA) is 112 Å². The van der Waals surface area contributed by atoms with E-state index in [1.165, 1.54) is 25.3 Å². The van der Waals surface area contributed by atoms with Crippen LogP contribution in [0.3, 0.4) is 0 Å². The predicted octanol–water partition coefficient (Wildman–Crippen LogP) is 2.34. The SMILES string of the molecule is COc1ccc(OCc2csc(C(=O)O)n2)cc1[N+](=O)[O-]. The van der Waals surface area contributed by atoms with Gasteiger partial charge in [-0.3, -0.25) is 10.1 Å². The van der Waals surface area contributed by atoms with Crippen molar-refractivity contribution in [2.75, 3.05) is 7.11 Å². The van der Waals surface area contributed by atoms with Crippen LogP contribution in [0.15, 0.2) is 23.6 Å². The van der Waals surface area contributed by atoms with Crippen molar-refractivity contribution in [3.05, 3.63) is 44.4 Å². The molecule has 0 spiro atoms. The van der Waals surface area contributed by atoms with Crippen molar-refractivity contribution in [2.45, 2.75) is 6.61 Å². The minimum atomic E-state index is -1.11. The summed E-state index contributed by atoms with van der Waals surface area (Å²) < 4.78 is 10.2. The molecule has 0 fully saturated rings. The van der Waals surface area contributed by atoms with Crippen LogP contribution in [0.4, 0.5) is 5.69 Å². The fraction of sp³-hybridized carbons (Fsp3) is 0.167. The molecule has 0 atom stereocenters. The van der Waals surface area contributed by atoms with Gasteiger partial charge in [0.25, 0.3) is 0 Å². The number of thiazole rings is 1. The number of carboxylic acids is 1. The number of nitrogens with zero attached hydrogens (tertiary/aromatic N) is 2. The van der Waals surface area contributed by atoms with Gasteiger partial charge in [-0.2, -0.15) is 0 Å². The molecule has 0 radical (unpaired) electrons. The summed E-state index contributed by atoms with van der Waals surface area (Å²) in [5.41, 5.74) is 0.232. The van der Waals surface area contributed by atoms with Crippen molar-refractivity contribution in [2.24, 2.45) is 0 Å². The average molecular weight is 310 g/mol. The van der Waals surface area contributed by atoms with Gasteiger partial charge in [0.05, 0.1) is 23.8 Å². The third-order valence-electron chi connectivity index (χ3n) is 2.47. The van der Waals surface area contributed by atoms with Crippen LogP contribution in [0.2, 0.25) is 0 Å². The summed E-state index contributed by atoms with van der Waals surface area (Å²) in [6.07, 6.45) is 0. The highest BCUT2D eigenvalue weighted by molar-refractivity contribution is 7.11. The molecule has 21 heavy (non-hydrogen) atoms. The second kappa shape index (κ2) is 6.18. The molecule has 1 aromatic carbocycles. The molecule has 0 unspecified atom stereocenters. The molecule has 110 valence electrons. The highest BCUT2D eigenvalue weighted by atomic mass is 32.1. The molecular formula is C12H10N2O6S. The normalized spacial score (nSPS) is 10.1. The Balaban J connectivity index is 2.10. The van der Waals surface area contributed by atoms with Crippen LogP contribution < -0.4 is 9.47 Å². The summed E-state index contributed by atoms with van der Waals surface area (Å²) in [5, 5.41) is 21.2. The third kappa shape index (κ3) is 3.45. The van der Waals surface area contributed by atoms with Gasteiger partial charge < -0.3 is 14.6 Å². The van der Waals surface area contributed by atoms with Gasteiger partial charge >= 0.3 is 11.7 Å². The quantitative estimate of drug-likeness (QED) is 0.643. The molecular weight excluding hydrogens is 300 g/mol. The van der Waals surface area contributed by atoms with E-state index in [-0.39, 0.29) is 28.8 Å². The lowest BCUT2D eigenvalue weighted by atomic mass is 10.3. The molecule has 2 rings (SSSR count). The molecule has 0 aliphatic heterocycles. The molecule has 1 aromatic heterocycles. The van der Waals surface area contributed by atoms with Crippen molar-refractivity contribution >= 4 is 23.0 Å². The molecule has 0 aliphatic rings. The first kappa shape index (κ1) is 14.7. The zero-order chi connectivity index (χ0) is 15.4. The number of aromatic carboxylic acids is 1. The molecule has 0 aliphatic carbocycles. The minimum absolute atomic E-state index is 0.0211. The Morgan fingerprint density at radius 1 is 1.52 bits per heavy atom. The van der Waals surface area contributed by atoms with E-state index in [0.29, 0.717) is 5.69 Å². The number of hydrogen-bond donors (Lipinski definition) is 1. The Bertz CT molecular complexity index is 684. The van der Waals surface area contributed by atoms with Crippen LogP contribution in [0.25, 0.3) is 0 Å². The van der Waals surface area contributed by atoms with Crippen molar-refractivity contribution in [1.82, 2.24) is 4.98 Å². The molecule has 1 N–H and O–H groups in total. The number of carboxylic acid groups (broad SMARTS) is 1. The van der Waals surface area contributed by atoms with E-state index in [9.17, 15) is 14.9 Å². The fourth-order valence-electron chi connectivity index (χ4n) is 1.53. The van der Waals surface area contributed by atoms with Gasteiger partial charge in [-0.05, 0) is 12.1 Å². The lowest BCUT2D eigenvalue weighted by molar-refractivity contribution is -0.385. The van der Waals surface area contributed by atoms with E-state index < -0.39 is 10.9 Å². The largest absolute Gasteiger partial charge is 0.490 e. The van der Waals surface area contributed by atoms with Gasteiger partial charge in [0.15, 0.2) is 5.75 Å². The second-order valence-electron chi connectivity index (χ2n) is 3.83. The number of ether oxygens (including phenoxy) is 2. The highest BCUT2D eigenvalue weighted by Gasteiger charge is 2.16. The maximum atomic E-state index is 10.9. The molecule has 0 saturated heterocycles. The van der Waals surface area contributed by atoms with Gasteiger partial charge in [0.2, 0.25) is 5.01 Å². The van der Waals surface area contributed by atoms with Crippen molar-refractivity contribution in [1.29, 1.82) is 0 Å². The molecule has 8 nitrogen and oxygen atoms in total. The number of nitro benzene ring substituents is 1. The number of methoxy groups -OCH3 is 1. The van der Waals surface area contributed by atoms with E-state index in [0.717, 1.165) is 11.3 Å². The van der Waals surface area contributed by atoms with Gasteiger partial charge in [-0.1, -0.05) is 0 Å². The number of benzene rings is 1. The fourth-order valence-corrected chi connectivity index (χ4v) is 2.17. The van der Waals surface area contributed by atoms with Crippen LogP contribution >= 0.6 is 11.3 Å². The summed E-state index contributed by atoms with van der Waals surface area (Å²) >= 11 is 0.988. The molecule has 9 heteroatoms. The Morgan fingerprint density at radius 2 is 2.29 bits per heavy atom. The first-order valence-corrected chi connectivity index (χ1v) is 6.52. The molecule has 0 saturated carbocycles. The first-order chi connectivity index (χ1) is 10.0. The summed E-state index contributed by atoms with van der Waals surface area (Å²) in [6, 6.07) is 4.19. The van der Waals surface area contributed by atoms with Crippen molar-refractivity contribution < 1.29 is 24.3 Å². The molecule has 2 aromatic rings. The summed E-state index contributed by atoms with van der Waals surface area (Å²) in [7, 11) is 1.34. The van der Waals surface area contributed by atoms with Gasteiger partial charge in [-0.15, -0.1) is 11.3 Å². The van der Waals surface area contributed by atoms with Crippen LogP contribution in [0.5, 0.6) is 11.5 Å². The molecule has 0 bridgehead atoms. The van der Waals surface area contributed by atoms with E-state index >= 15 is 0 Å². The highest BCUT2D eigenvalue weighted by Crippen LogP contribution is 2.31. The molecule has 1 heterocycles. The lowest BCUT2D eigenvalue weighted by Crippen LogP contribution is -2.00. The number of aromatic nitrogens is 1. The predicted molar refractivity (Wildman–Crippen MR) is 73.1 cm³/mol. The number of nitro groups is 1. The number of carbonyl (C=O) groups is 1. The van der Waals surface area contributed by atoms with Gasteiger partial charge in [0.1, 0.15) is 12.4 Å². The Morgan fingerprint density at radius 3 is 2.86 bits per heavy atom. The van der Waals surface area contributed by atoms with Crippen LogP contribution in [-0.4, -0.2) is 28.1 Å². The minimum Gasteiger partial charge on any atom is -0.490 e. The van der Waals surface area contributed by atoms with E-state index in [2.05, 4.69) is 4.98 Å². The smallest absolute Gasteiger partial charge is 0.365 e. The summed E-state index contributed by atoms with van der Waals surface area (Å²) in [4.78, 5) is 24.9. The Labute approximate surface area is 122 Å². The summed E-state index contributed by atoms with van der Waals surface area (Å²) in [6.45, 7) is 0.0211. The number of rotatable bonds is 6. The van der Waals surface area contributed by atoms with Crippen LogP contribution in [-0.2, 0) is 6.61 Å². The van der Waals surface area contributed by atoms with Crippen molar-refractivity contribution in [3.8, 4) is 11.5 Å². The standard InChI is InChI=1S/C12H10N2O6S/c1-19-10-3-2-8(4-9(10)14(17)18)20-5-7-6-21-11(13-7)12(15)16/h2-4,6H,5H2,1H3,(H,15,16). The van der Waals surface area contributed by atoms with Crippen molar-refractivity contribution in [3.63, 3.8) is 0 Å². The van der Waals surface area contributed by atoms with Gasteiger partial charge in [-0.25, -0.2) is 9.78 Å². The van der Waals surface area contributed by atoms with Gasteiger partial charge in [0, 0.05) is 5.38 Å². The Kier molecular flexibility index (Phi) is 4.33. The van der Waals surface area contributed by atoms with E-state index in [1.807, 2.05) is 0 Å². The average Bonchev–Trinajstić information content (AvgIpc) is 2.94. The number of hydrogen-bond acceptors (Lipinski definition) is 7. The first-order valence-electron chi connectivity index (χ1n) is 5.64. The second-order valence-corrected chi connectivity index (χ2v) is 4.69. The van der Waals surface area contributed by atoms with E-state index in [4.69, 9.17) is 14.6 Å². The third-order valence-corrected chi connectivity index (χ3v) is 3.35. The zero-order valence-corrected chi connectivity index (χ0v) is 11.6. The van der Waals surface area contributed by atoms with Crippen LogP contribution in [0, 0.1) is 10.1 Å². The molecule has 0 amide bonds. The maximum absolute atomic E-state index is 10.9. The van der Waals surface area contributed by atoms with Crippen LogP contribution in [0.1, 0.15) is 15.5 Å². The zero-order valence-electron chi connectivity index (χ0n) is 10.8. The lowest BCUT2D eigenvalue weighted by Gasteiger charge is -2.06. The van der Waals surface area contributed by atoms with E-state index in [1.54, 1.807) is 5.38 Å².